The molecule has 1 heterocycles. The van der Waals surface area contributed by atoms with Gasteiger partial charge in [0, 0.05) is 30.5 Å². The van der Waals surface area contributed by atoms with Crippen LogP contribution in [0.2, 0.25) is 0 Å². The first-order chi connectivity index (χ1) is 22.2. The van der Waals surface area contributed by atoms with E-state index < -0.39 is 23.7 Å². The van der Waals surface area contributed by atoms with Crippen molar-refractivity contribution in [3.63, 3.8) is 0 Å². The van der Waals surface area contributed by atoms with Crippen molar-refractivity contribution in [1.82, 2.24) is 10.3 Å². The van der Waals surface area contributed by atoms with E-state index in [9.17, 15) is 18.8 Å². The molecule has 11 heteroatoms. The Bertz CT molecular complexity index is 1740. The monoisotopic (exact) mass is 632 g/mol. The van der Waals surface area contributed by atoms with E-state index in [1.165, 1.54) is 49.7 Å². The molecule has 1 aliphatic rings. The van der Waals surface area contributed by atoms with Crippen LogP contribution in [0, 0.1) is 17.0 Å². The summed E-state index contributed by atoms with van der Waals surface area (Å²) in [7, 11) is 1.49. The molecule has 0 saturated heterocycles. The molecular weight excluding hydrogens is 598 g/mol. The molecule has 0 amide bonds. The smallest absolute Gasteiger partial charge is 0.171 e. The van der Waals surface area contributed by atoms with Crippen LogP contribution in [-0.2, 0) is 27.2 Å². The third-order valence-corrected chi connectivity index (χ3v) is 7.92. The van der Waals surface area contributed by atoms with E-state index in [1.54, 1.807) is 24.3 Å². The van der Waals surface area contributed by atoms with Crippen molar-refractivity contribution in [2.24, 2.45) is 5.41 Å². The van der Waals surface area contributed by atoms with E-state index in [4.69, 9.17) is 19.3 Å². The topological polar surface area (TPSA) is 124 Å². The van der Waals surface area contributed by atoms with Crippen molar-refractivity contribution in [3.8, 4) is 23.0 Å². The number of carbonyl (C=O) groups excluding carboxylic acids is 3. The minimum atomic E-state index is -1.07. The average molecular weight is 633 g/mol. The molecule has 1 fully saturated rings. The SMILES string of the molecule is COc1cc2c(Oc3ccc(CC(=O)C4(C(=O)Cc5ccc(F)cc5)CC4)cc3F)ccnc2cc1OCCCNCC(=O)CO. The van der Waals surface area contributed by atoms with Gasteiger partial charge in [-0.3, -0.25) is 19.4 Å². The maximum Gasteiger partial charge on any atom is 0.171 e. The molecule has 1 aliphatic carbocycles. The highest BCUT2D eigenvalue weighted by Gasteiger charge is 2.54. The van der Waals surface area contributed by atoms with E-state index in [-0.39, 0.29) is 42.5 Å². The molecule has 1 aromatic heterocycles. The number of aliphatic hydroxyl groups excluding tert-OH is 1. The summed E-state index contributed by atoms with van der Waals surface area (Å²) in [6.45, 7) is 0.446. The van der Waals surface area contributed by atoms with Crippen LogP contribution in [-0.4, -0.2) is 60.9 Å². The lowest BCUT2D eigenvalue weighted by molar-refractivity contribution is -0.134. The average Bonchev–Trinajstić information content (AvgIpc) is 3.87. The standard InChI is InChI=1S/C35H34F2N2O7/c1-44-31-18-26-28(19-32(31)45-14-2-12-38-20-25(41)21-40)39-13-9-29(26)46-30-8-5-23(15-27(30)37)17-34(43)35(10-11-35)33(42)16-22-3-6-24(36)7-4-22/h3-9,13,15,18-19,38,40H,2,10-12,14,16-17,20-21H2,1H3. The van der Waals surface area contributed by atoms with E-state index in [0.717, 1.165) is 0 Å². The quantitative estimate of drug-likeness (QED) is 0.123. The largest absolute Gasteiger partial charge is 0.493 e. The number of carbonyl (C=O) groups is 3. The van der Waals surface area contributed by atoms with Crippen molar-refractivity contribution in [2.75, 3.05) is 33.4 Å². The number of nitrogens with zero attached hydrogens (tertiary/aromatic N) is 1. The Morgan fingerprint density at radius 2 is 1.61 bits per heavy atom. The number of benzene rings is 3. The Labute approximate surface area is 264 Å². The van der Waals surface area contributed by atoms with Crippen LogP contribution in [0.15, 0.2) is 66.9 Å². The predicted molar refractivity (Wildman–Crippen MR) is 165 cm³/mol. The fourth-order valence-electron chi connectivity index (χ4n) is 5.16. The molecule has 0 unspecified atom stereocenters. The number of nitrogens with one attached hydrogen (secondary N) is 1. The zero-order chi connectivity index (χ0) is 32.7. The molecule has 240 valence electrons. The minimum Gasteiger partial charge on any atom is -0.493 e. The molecule has 0 spiro atoms. The second-order valence-corrected chi connectivity index (χ2v) is 11.2. The van der Waals surface area contributed by atoms with Gasteiger partial charge in [0.25, 0.3) is 0 Å². The summed E-state index contributed by atoms with van der Waals surface area (Å²) in [6.07, 6.45) is 2.97. The molecule has 9 nitrogen and oxygen atoms in total. The fraction of sp³-hybridized carbons (Fsp3) is 0.314. The molecule has 0 radical (unpaired) electrons. The van der Waals surface area contributed by atoms with E-state index >= 15 is 4.39 Å². The van der Waals surface area contributed by atoms with Gasteiger partial charge < -0.3 is 24.6 Å². The summed E-state index contributed by atoms with van der Waals surface area (Å²) in [5.41, 5.74) is 0.521. The summed E-state index contributed by atoms with van der Waals surface area (Å²) < 4.78 is 45.8. The number of aromatic nitrogens is 1. The van der Waals surface area contributed by atoms with E-state index in [2.05, 4.69) is 10.3 Å². The molecule has 5 rings (SSSR count). The van der Waals surface area contributed by atoms with Crippen molar-refractivity contribution < 1.29 is 42.5 Å². The summed E-state index contributed by atoms with van der Waals surface area (Å²) in [5, 5.41) is 12.3. The molecule has 4 aromatic rings. The fourth-order valence-corrected chi connectivity index (χ4v) is 5.16. The Kier molecular flexibility index (Phi) is 10.3. The Morgan fingerprint density at radius 3 is 2.28 bits per heavy atom. The van der Waals surface area contributed by atoms with E-state index in [0.29, 0.717) is 71.7 Å². The lowest BCUT2D eigenvalue weighted by Crippen LogP contribution is -2.28. The zero-order valence-electron chi connectivity index (χ0n) is 25.3. The molecule has 0 bridgehead atoms. The van der Waals surface area contributed by atoms with Crippen LogP contribution in [0.25, 0.3) is 10.9 Å². The highest BCUT2D eigenvalue weighted by molar-refractivity contribution is 6.11. The van der Waals surface area contributed by atoms with Crippen LogP contribution in [0.3, 0.4) is 0 Å². The normalized spacial score (nSPS) is 13.3. The van der Waals surface area contributed by atoms with Gasteiger partial charge in [-0.05, 0) is 73.3 Å². The first kappa shape index (κ1) is 32.6. The van der Waals surface area contributed by atoms with Crippen molar-refractivity contribution in [1.29, 1.82) is 0 Å². The van der Waals surface area contributed by atoms with Crippen molar-refractivity contribution in [2.45, 2.75) is 32.1 Å². The van der Waals surface area contributed by atoms with Gasteiger partial charge in [0.05, 0.1) is 31.2 Å². The van der Waals surface area contributed by atoms with E-state index in [1.807, 2.05) is 0 Å². The van der Waals surface area contributed by atoms with Crippen LogP contribution >= 0.6 is 0 Å². The number of fused-ring (bicyclic) bond motifs is 1. The van der Waals surface area contributed by atoms with Crippen LogP contribution < -0.4 is 19.5 Å². The van der Waals surface area contributed by atoms with Gasteiger partial charge in [-0.15, -0.1) is 0 Å². The predicted octanol–water partition coefficient (Wildman–Crippen LogP) is 4.94. The van der Waals surface area contributed by atoms with Crippen molar-refractivity contribution >= 4 is 28.3 Å². The van der Waals surface area contributed by atoms with Gasteiger partial charge in [-0.1, -0.05) is 18.2 Å². The molecule has 2 N–H and O–H groups in total. The van der Waals surface area contributed by atoms with Gasteiger partial charge >= 0.3 is 0 Å². The zero-order valence-corrected chi connectivity index (χ0v) is 25.3. The van der Waals surface area contributed by atoms with Gasteiger partial charge in [-0.25, -0.2) is 8.78 Å². The van der Waals surface area contributed by atoms with Crippen molar-refractivity contribution in [3.05, 3.63) is 89.6 Å². The third-order valence-electron chi connectivity index (χ3n) is 7.92. The molecule has 46 heavy (non-hydrogen) atoms. The summed E-state index contributed by atoms with van der Waals surface area (Å²) in [6, 6.07) is 14.9. The van der Waals surface area contributed by atoms with Crippen LogP contribution in [0.4, 0.5) is 8.78 Å². The Hall–Kier alpha value is -4.74. The number of Topliss-reactive ketones (excluding diaryl/α,β-unsaturated/α-hetero) is 3. The van der Waals surface area contributed by atoms with Gasteiger partial charge in [0.1, 0.15) is 18.2 Å². The number of rotatable bonds is 17. The van der Waals surface area contributed by atoms with Crippen LogP contribution in [0.1, 0.15) is 30.4 Å². The Morgan fingerprint density at radius 1 is 0.891 bits per heavy atom. The van der Waals surface area contributed by atoms with Gasteiger partial charge in [-0.2, -0.15) is 0 Å². The number of ketones is 3. The Balaban J connectivity index is 1.23. The molecule has 3 aromatic carbocycles. The number of hydrogen-bond donors (Lipinski definition) is 2. The number of pyridine rings is 1. The third kappa shape index (κ3) is 7.72. The summed E-state index contributed by atoms with van der Waals surface area (Å²) in [5.74, 6) is -0.661. The summed E-state index contributed by atoms with van der Waals surface area (Å²) >= 11 is 0. The van der Waals surface area contributed by atoms with Gasteiger partial charge in [0.15, 0.2) is 40.4 Å². The number of ether oxygens (including phenoxy) is 3. The molecule has 0 aliphatic heterocycles. The first-order valence-electron chi connectivity index (χ1n) is 14.9. The number of hydrogen-bond acceptors (Lipinski definition) is 9. The second-order valence-electron chi connectivity index (χ2n) is 11.2. The second kappa shape index (κ2) is 14.6. The number of methoxy groups -OCH3 is 1. The minimum absolute atomic E-state index is 0.0399. The molecular formula is C35H34F2N2O7. The number of aliphatic hydroxyl groups is 1. The maximum absolute atomic E-state index is 15.2. The lowest BCUT2D eigenvalue weighted by Gasteiger charge is -2.15. The highest BCUT2D eigenvalue weighted by Crippen LogP contribution is 2.49. The summed E-state index contributed by atoms with van der Waals surface area (Å²) in [4.78, 5) is 41.7. The molecule has 0 atom stereocenters. The lowest BCUT2D eigenvalue weighted by atomic mass is 9.88. The molecule has 1 saturated carbocycles. The van der Waals surface area contributed by atoms with Gasteiger partial charge in [0.2, 0.25) is 0 Å². The van der Waals surface area contributed by atoms with Crippen LogP contribution in [0.5, 0.6) is 23.0 Å². The maximum atomic E-state index is 15.2. The number of halogens is 2. The first-order valence-corrected chi connectivity index (χ1v) is 14.9. The highest BCUT2D eigenvalue weighted by atomic mass is 19.1.